The number of carbonyl (C=O) groups is 2. The standard InChI is InChI=1S/C24H27FN2O3/c1-16-8-4-6-10-21(18-12-14-19(25)15-13-18)26-23(28)17(2)27(3)24(29)20-9-5-7-11-22(20)30-16/h4-7,9,11-17,21H,8,10H2,1-3H3,(H,26,28)/b6-4+/t16-,17-,21+/m0/s1. The van der Waals surface area contributed by atoms with Gasteiger partial charge in [-0.25, -0.2) is 4.39 Å². The number of amides is 2. The average molecular weight is 410 g/mol. The summed E-state index contributed by atoms with van der Waals surface area (Å²) in [4.78, 5) is 27.4. The number of likely N-dealkylation sites (N-methyl/N-ethyl adjacent to an activating group) is 1. The highest BCUT2D eigenvalue weighted by molar-refractivity contribution is 5.99. The monoisotopic (exact) mass is 410 g/mol. The molecule has 1 heterocycles. The number of nitrogens with one attached hydrogen (secondary N) is 1. The van der Waals surface area contributed by atoms with E-state index < -0.39 is 6.04 Å². The molecule has 0 bridgehead atoms. The second-order valence-electron chi connectivity index (χ2n) is 7.57. The van der Waals surface area contributed by atoms with Crippen molar-refractivity contribution in [2.75, 3.05) is 7.05 Å². The van der Waals surface area contributed by atoms with Crippen molar-refractivity contribution in [3.05, 3.63) is 77.6 Å². The van der Waals surface area contributed by atoms with E-state index in [4.69, 9.17) is 4.74 Å². The van der Waals surface area contributed by atoms with Gasteiger partial charge in [-0.15, -0.1) is 0 Å². The van der Waals surface area contributed by atoms with Crippen LogP contribution in [0.25, 0.3) is 0 Å². The van der Waals surface area contributed by atoms with Crippen LogP contribution in [-0.2, 0) is 4.79 Å². The molecule has 0 saturated heterocycles. The van der Waals surface area contributed by atoms with Gasteiger partial charge in [-0.2, -0.15) is 0 Å². The average Bonchev–Trinajstić information content (AvgIpc) is 2.74. The number of hydrogen-bond donors (Lipinski definition) is 1. The molecule has 2 aromatic carbocycles. The van der Waals surface area contributed by atoms with Gasteiger partial charge in [0, 0.05) is 13.5 Å². The normalized spacial score (nSPS) is 24.3. The zero-order valence-corrected chi connectivity index (χ0v) is 17.5. The molecule has 0 spiro atoms. The summed E-state index contributed by atoms with van der Waals surface area (Å²) in [5.41, 5.74) is 1.22. The Hall–Kier alpha value is -3.15. The molecule has 0 saturated carbocycles. The van der Waals surface area contributed by atoms with Gasteiger partial charge in [0.05, 0.1) is 17.7 Å². The topological polar surface area (TPSA) is 58.6 Å². The largest absolute Gasteiger partial charge is 0.490 e. The van der Waals surface area contributed by atoms with Crippen LogP contribution in [0.3, 0.4) is 0 Å². The smallest absolute Gasteiger partial charge is 0.258 e. The molecule has 3 rings (SSSR count). The van der Waals surface area contributed by atoms with Crippen LogP contribution in [0.4, 0.5) is 4.39 Å². The van der Waals surface area contributed by atoms with Gasteiger partial charge in [0.2, 0.25) is 5.91 Å². The maximum atomic E-state index is 13.3. The zero-order valence-electron chi connectivity index (χ0n) is 17.5. The molecule has 5 nitrogen and oxygen atoms in total. The van der Waals surface area contributed by atoms with Crippen LogP contribution >= 0.6 is 0 Å². The predicted octanol–water partition coefficient (Wildman–Crippen LogP) is 4.26. The molecular formula is C24H27FN2O3. The Morgan fingerprint density at radius 3 is 2.40 bits per heavy atom. The maximum absolute atomic E-state index is 13.3. The third kappa shape index (κ3) is 5.06. The maximum Gasteiger partial charge on any atom is 0.258 e. The second kappa shape index (κ2) is 9.57. The van der Waals surface area contributed by atoms with E-state index in [2.05, 4.69) is 5.32 Å². The summed E-state index contributed by atoms with van der Waals surface area (Å²) in [5.74, 6) is -0.391. The summed E-state index contributed by atoms with van der Waals surface area (Å²) in [5, 5.41) is 3.00. The molecule has 0 fully saturated rings. The summed E-state index contributed by atoms with van der Waals surface area (Å²) in [7, 11) is 1.60. The summed E-state index contributed by atoms with van der Waals surface area (Å²) in [6, 6.07) is 12.1. The third-order valence-corrected chi connectivity index (χ3v) is 5.32. The van der Waals surface area contributed by atoms with Crippen molar-refractivity contribution in [3.8, 4) is 5.75 Å². The lowest BCUT2D eigenvalue weighted by atomic mass is 10.0. The van der Waals surface area contributed by atoms with E-state index in [1.54, 1.807) is 44.3 Å². The molecule has 6 heteroatoms. The number of hydrogen-bond acceptors (Lipinski definition) is 3. The van der Waals surface area contributed by atoms with E-state index in [1.165, 1.54) is 17.0 Å². The number of carbonyl (C=O) groups excluding carboxylic acids is 2. The van der Waals surface area contributed by atoms with E-state index in [0.29, 0.717) is 24.2 Å². The first-order valence-electron chi connectivity index (χ1n) is 10.1. The van der Waals surface area contributed by atoms with E-state index in [9.17, 15) is 14.0 Å². The van der Waals surface area contributed by atoms with Gasteiger partial charge >= 0.3 is 0 Å². The van der Waals surface area contributed by atoms with Gasteiger partial charge in [-0.1, -0.05) is 36.4 Å². The predicted molar refractivity (Wildman–Crippen MR) is 114 cm³/mol. The van der Waals surface area contributed by atoms with Crippen LogP contribution in [-0.4, -0.2) is 35.9 Å². The Morgan fingerprint density at radius 1 is 1.00 bits per heavy atom. The molecule has 30 heavy (non-hydrogen) atoms. The SMILES string of the molecule is C[C@H]1C/C=C/C[C@H](c2ccc(F)cc2)NC(=O)[C@H](C)N(C)C(=O)c2ccccc2O1. The molecule has 0 aliphatic carbocycles. The summed E-state index contributed by atoms with van der Waals surface area (Å²) in [6.45, 7) is 3.63. The molecule has 0 aromatic heterocycles. The fraction of sp³-hybridized carbons (Fsp3) is 0.333. The Kier molecular flexibility index (Phi) is 6.87. The van der Waals surface area contributed by atoms with Crippen molar-refractivity contribution < 1.29 is 18.7 Å². The quantitative estimate of drug-likeness (QED) is 0.715. The Bertz CT molecular complexity index is 926. The fourth-order valence-electron chi connectivity index (χ4n) is 3.34. The molecule has 1 aliphatic rings. The van der Waals surface area contributed by atoms with Crippen LogP contribution in [0, 0.1) is 5.82 Å². The van der Waals surface area contributed by atoms with Gasteiger partial charge in [0.15, 0.2) is 0 Å². The molecule has 2 aromatic rings. The lowest BCUT2D eigenvalue weighted by molar-refractivity contribution is -0.125. The highest BCUT2D eigenvalue weighted by Gasteiger charge is 2.27. The zero-order chi connectivity index (χ0) is 21.7. The van der Waals surface area contributed by atoms with Gasteiger partial charge in [-0.3, -0.25) is 9.59 Å². The van der Waals surface area contributed by atoms with Gasteiger partial charge in [0.1, 0.15) is 17.6 Å². The summed E-state index contributed by atoms with van der Waals surface area (Å²) in [6.07, 6.45) is 5.06. The first kappa shape index (κ1) is 21.6. The van der Waals surface area contributed by atoms with Crippen LogP contribution in [0.5, 0.6) is 5.75 Å². The molecule has 1 aliphatic heterocycles. The third-order valence-electron chi connectivity index (χ3n) is 5.32. The molecule has 1 N–H and O–H groups in total. The van der Waals surface area contributed by atoms with Crippen molar-refractivity contribution in [1.29, 1.82) is 0 Å². The van der Waals surface area contributed by atoms with Crippen LogP contribution in [0.15, 0.2) is 60.7 Å². The number of benzene rings is 2. The highest BCUT2D eigenvalue weighted by Crippen LogP contribution is 2.24. The van der Waals surface area contributed by atoms with Crippen molar-refractivity contribution in [2.45, 2.75) is 44.9 Å². The molecular weight excluding hydrogens is 383 g/mol. The van der Waals surface area contributed by atoms with Gasteiger partial charge in [0.25, 0.3) is 5.91 Å². The lowest BCUT2D eigenvalue weighted by Gasteiger charge is -2.28. The minimum Gasteiger partial charge on any atom is -0.490 e. The van der Waals surface area contributed by atoms with Crippen molar-refractivity contribution >= 4 is 11.8 Å². The second-order valence-corrected chi connectivity index (χ2v) is 7.57. The van der Waals surface area contributed by atoms with Crippen LogP contribution in [0.1, 0.15) is 48.7 Å². The van der Waals surface area contributed by atoms with E-state index in [-0.39, 0.29) is 29.8 Å². The molecule has 158 valence electrons. The molecule has 0 unspecified atom stereocenters. The Balaban J connectivity index is 1.92. The number of nitrogens with zero attached hydrogens (tertiary/aromatic N) is 1. The van der Waals surface area contributed by atoms with Crippen LogP contribution < -0.4 is 10.1 Å². The molecule has 0 radical (unpaired) electrons. The number of halogens is 1. The van der Waals surface area contributed by atoms with Crippen molar-refractivity contribution in [3.63, 3.8) is 0 Å². The van der Waals surface area contributed by atoms with Gasteiger partial charge in [-0.05, 0) is 50.1 Å². The summed E-state index contributed by atoms with van der Waals surface area (Å²) < 4.78 is 19.3. The van der Waals surface area contributed by atoms with Crippen molar-refractivity contribution in [1.82, 2.24) is 10.2 Å². The Morgan fingerprint density at radius 2 is 1.67 bits per heavy atom. The van der Waals surface area contributed by atoms with Crippen molar-refractivity contribution in [2.24, 2.45) is 0 Å². The summed E-state index contributed by atoms with van der Waals surface area (Å²) >= 11 is 0. The number of fused-ring (bicyclic) bond motifs is 1. The number of rotatable bonds is 1. The Labute approximate surface area is 176 Å². The van der Waals surface area contributed by atoms with E-state index >= 15 is 0 Å². The lowest BCUT2D eigenvalue weighted by Crippen LogP contribution is -2.47. The van der Waals surface area contributed by atoms with Gasteiger partial charge < -0.3 is 15.0 Å². The minimum absolute atomic E-state index is 0.125. The highest BCUT2D eigenvalue weighted by atomic mass is 19.1. The van der Waals surface area contributed by atoms with E-state index in [0.717, 1.165) is 5.56 Å². The molecule has 2 amide bonds. The number of ether oxygens (including phenoxy) is 1. The van der Waals surface area contributed by atoms with Crippen LogP contribution in [0.2, 0.25) is 0 Å². The minimum atomic E-state index is -0.696. The molecule has 3 atom stereocenters. The van der Waals surface area contributed by atoms with E-state index in [1.807, 2.05) is 25.1 Å². The fourth-order valence-corrected chi connectivity index (χ4v) is 3.34. The number of para-hydroxylation sites is 1. The first-order chi connectivity index (χ1) is 14.4. The first-order valence-corrected chi connectivity index (χ1v) is 10.1.